The third-order valence-electron chi connectivity index (χ3n) is 3.40. The van der Waals surface area contributed by atoms with Gasteiger partial charge in [0.05, 0.1) is 6.54 Å². The van der Waals surface area contributed by atoms with Crippen molar-refractivity contribution in [3.63, 3.8) is 0 Å². The number of benzene rings is 1. The first kappa shape index (κ1) is 14.4. The van der Waals surface area contributed by atoms with Crippen molar-refractivity contribution in [2.45, 2.75) is 26.4 Å². The Balaban J connectivity index is 1.87. The van der Waals surface area contributed by atoms with Crippen molar-refractivity contribution in [3.8, 4) is 0 Å². The number of hydrogen-bond donors (Lipinski definition) is 3. The van der Waals surface area contributed by atoms with Gasteiger partial charge in [0.15, 0.2) is 0 Å². The van der Waals surface area contributed by atoms with Crippen LogP contribution < -0.4 is 10.6 Å². The van der Waals surface area contributed by atoms with Crippen LogP contribution in [0, 0.1) is 5.92 Å². The maximum atomic E-state index is 11.7. The van der Waals surface area contributed by atoms with Gasteiger partial charge in [-0.3, -0.25) is 0 Å². The number of amides is 2. The summed E-state index contributed by atoms with van der Waals surface area (Å²) in [6, 6.07) is 9.27. The lowest BCUT2D eigenvalue weighted by Gasteiger charge is -2.19. The first-order chi connectivity index (χ1) is 9.60. The Morgan fingerprint density at radius 1 is 1.35 bits per heavy atom. The molecule has 0 aliphatic heterocycles. The molecular formula is C15H20N2O3. The number of urea groups is 1. The zero-order valence-corrected chi connectivity index (χ0v) is 11.7. The van der Waals surface area contributed by atoms with Crippen molar-refractivity contribution in [1.29, 1.82) is 0 Å². The number of rotatable bonds is 5. The molecule has 2 atom stereocenters. The van der Waals surface area contributed by atoms with E-state index in [2.05, 4.69) is 10.6 Å². The van der Waals surface area contributed by atoms with Gasteiger partial charge < -0.3 is 20.2 Å². The Kier molecular flexibility index (Phi) is 4.63. The molecule has 20 heavy (non-hydrogen) atoms. The zero-order chi connectivity index (χ0) is 14.5. The van der Waals surface area contributed by atoms with E-state index in [1.165, 1.54) is 0 Å². The second kappa shape index (κ2) is 6.43. The zero-order valence-electron chi connectivity index (χ0n) is 11.7. The van der Waals surface area contributed by atoms with Crippen LogP contribution in [0.3, 0.4) is 0 Å². The molecule has 5 heteroatoms. The average Bonchev–Trinajstić information content (AvgIpc) is 2.87. The van der Waals surface area contributed by atoms with E-state index in [4.69, 9.17) is 9.52 Å². The Hall–Kier alpha value is -2.01. The quantitative estimate of drug-likeness (QED) is 0.784. The fraction of sp³-hybridized carbons (Fsp3) is 0.400. The molecule has 2 aromatic rings. The number of aliphatic hydroxyl groups excluding tert-OH is 1. The topological polar surface area (TPSA) is 74.5 Å². The van der Waals surface area contributed by atoms with E-state index < -0.39 is 0 Å². The molecule has 0 fully saturated rings. The van der Waals surface area contributed by atoms with Gasteiger partial charge in [0, 0.05) is 18.0 Å². The van der Waals surface area contributed by atoms with Gasteiger partial charge in [-0.2, -0.15) is 0 Å². The van der Waals surface area contributed by atoms with Crippen molar-refractivity contribution >= 4 is 17.0 Å². The normalized spacial score (nSPS) is 13.9. The van der Waals surface area contributed by atoms with Gasteiger partial charge in [-0.25, -0.2) is 4.79 Å². The summed E-state index contributed by atoms with van der Waals surface area (Å²) in [5.41, 5.74) is 0.812. The predicted octanol–water partition coefficient (Wildman–Crippen LogP) is 2.25. The molecule has 0 aliphatic carbocycles. The summed E-state index contributed by atoms with van der Waals surface area (Å²) in [6.45, 7) is 4.12. The highest BCUT2D eigenvalue weighted by atomic mass is 16.3. The molecule has 5 nitrogen and oxygen atoms in total. The molecule has 1 aromatic carbocycles. The molecule has 0 bridgehead atoms. The number of hydrogen-bond acceptors (Lipinski definition) is 3. The maximum absolute atomic E-state index is 11.7. The maximum Gasteiger partial charge on any atom is 0.315 e. The minimum absolute atomic E-state index is 0.0203. The SMILES string of the molecule is CC(CO)C(C)NC(=O)NCc1cc2ccccc2o1. The molecule has 0 aliphatic rings. The summed E-state index contributed by atoms with van der Waals surface area (Å²) in [5, 5.41) is 15.6. The Morgan fingerprint density at radius 2 is 2.10 bits per heavy atom. The molecule has 1 aromatic heterocycles. The summed E-state index contributed by atoms with van der Waals surface area (Å²) in [4.78, 5) is 11.7. The number of nitrogens with one attached hydrogen (secondary N) is 2. The van der Waals surface area contributed by atoms with Gasteiger partial charge in [-0.1, -0.05) is 25.1 Å². The molecule has 0 spiro atoms. The predicted molar refractivity (Wildman–Crippen MR) is 77.3 cm³/mol. The van der Waals surface area contributed by atoms with Gasteiger partial charge in [0.1, 0.15) is 11.3 Å². The lowest BCUT2D eigenvalue weighted by Crippen LogP contribution is -2.43. The van der Waals surface area contributed by atoms with Crippen LogP contribution in [0.4, 0.5) is 4.79 Å². The lowest BCUT2D eigenvalue weighted by atomic mass is 10.1. The average molecular weight is 276 g/mol. The van der Waals surface area contributed by atoms with Crippen LogP contribution in [0.25, 0.3) is 11.0 Å². The minimum atomic E-state index is -0.266. The van der Waals surface area contributed by atoms with E-state index in [0.717, 1.165) is 11.0 Å². The number of carbonyl (C=O) groups excluding carboxylic acids is 1. The van der Waals surface area contributed by atoms with E-state index in [1.54, 1.807) is 0 Å². The van der Waals surface area contributed by atoms with Crippen LogP contribution in [-0.4, -0.2) is 23.8 Å². The fourth-order valence-corrected chi connectivity index (χ4v) is 1.85. The standard InChI is InChI=1S/C15H20N2O3/c1-10(9-18)11(2)17-15(19)16-8-13-7-12-5-3-4-6-14(12)20-13/h3-7,10-11,18H,8-9H2,1-2H3,(H2,16,17,19). The van der Waals surface area contributed by atoms with E-state index in [1.807, 2.05) is 44.2 Å². The third-order valence-corrected chi connectivity index (χ3v) is 3.40. The summed E-state index contributed by atoms with van der Waals surface area (Å²) in [6.07, 6.45) is 0. The highest BCUT2D eigenvalue weighted by molar-refractivity contribution is 5.78. The lowest BCUT2D eigenvalue weighted by molar-refractivity contribution is 0.200. The van der Waals surface area contributed by atoms with Crippen LogP contribution in [0.5, 0.6) is 0 Å². The molecule has 108 valence electrons. The van der Waals surface area contributed by atoms with E-state index >= 15 is 0 Å². The monoisotopic (exact) mass is 276 g/mol. The largest absolute Gasteiger partial charge is 0.459 e. The first-order valence-electron chi connectivity index (χ1n) is 6.73. The smallest absolute Gasteiger partial charge is 0.315 e. The third kappa shape index (κ3) is 3.51. The van der Waals surface area contributed by atoms with Crippen LogP contribution in [0.15, 0.2) is 34.7 Å². The summed E-state index contributed by atoms with van der Waals surface area (Å²) in [5.74, 6) is 0.733. The summed E-state index contributed by atoms with van der Waals surface area (Å²) < 4.78 is 5.61. The second-order valence-electron chi connectivity index (χ2n) is 5.03. The van der Waals surface area contributed by atoms with Crippen LogP contribution in [0.2, 0.25) is 0 Å². The Bertz CT molecular complexity index is 546. The summed E-state index contributed by atoms with van der Waals surface area (Å²) in [7, 11) is 0. The Labute approximate surface area is 118 Å². The first-order valence-corrected chi connectivity index (χ1v) is 6.73. The molecule has 3 N–H and O–H groups in total. The molecule has 0 radical (unpaired) electrons. The molecule has 0 saturated carbocycles. The number of fused-ring (bicyclic) bond motifs is 1. The van der Waals surface area contributed by atoms with Crippen LogP contribution >= 0.6 is 0 Å². The number of para-hydroxylation sites is 1. The number of aliphatic hydroxyl groups is 1. The molecule has 0 saturated heterocycles. The number of furan rings is 1. The van der Waals surface area contributed by atoms with Crippen LogP contribution in [0.1, 0.15) is 19.6 Å². The molecular weight excluding hydrogens is 256 g/mol. The van der Waals surface area contributed by atoms with Crippen molar-refractivity contribution in [3.05, 3.63) is 36.1 Å². The molecule has 2 unspecified atom stereocenters. The van der Waals surface area contributed by atoms with Crippen molar-refractivity contribution in [1.82, 2.24) is 10.6 Å². The second-order valence-corrected chi connectivity index (χ2v) is 5.03. The van der Waals surface area contributed by atoms with Crippen molar-refractivity contribution in [2.24, 2.45) is 5.92 Å². The highest BCUT2D eigenvalue weighted by Gasteiger charge is 2.13. The van der Waals surface area contributed by atoms with Gasteiger partial charge >= 0.3 is 6.03 Å². The van der Waals surface area contributed by atoms with E-state index in [-0.39, 0.29) is 24.6 Å². The van der Waals surface area contributed by atoms with E-state index in [9.17, 15) is 4.79 Å². The van der Waals surface area contributed by atoms with Crippen molar-refractivity contribution < 1.29 is 14.3 Å². The molecule has 2 rings (SSSR count). The highest BCUT2D eigenvalue weighted by Crippen LogP contribution is 2.18. The Morgan fingerprint density at radius 3 is 2.80 bits per heavy atom. The van der Waals surface area contributed by atoms with Gasteiger partial charge in [-0.05, 0) is 25.0 Å². The van der Waals surface area contributed by atoms with Gasteiger partial charge in [-0.15, -0.1) is 0 Å². The van der Waals surface area contributed by atoms with E-state index in [0.29, 0.717) is 12.3 Å². The minimum Gasteiger partial charge on any atom is -0.459 e. The fourth-order valence-electron chi connectivity index (χ4n) is 1.85. The molecule has 2 amide bonds. The van der Waals surface area contributed by atoms with Crippen LogP contribution in [-0.2, 0) is 6.54 Å². The molecule has 1 heterocycles. The summed E-state index contributed by atoms with van der Waals surface area (Å²) >= 11 is 0. The van der Waals surface area contributed by atoms with Gasteiger partial charge in [0.2, 0.25) is 0 Å². The van der Waals surface area contributed by atoms with Crippen molar-refractivity contribution in [2.75, 3.05) is 6.61 Å². The van der Waals surface area contributed by atoms with Gasteiger partial charge in [0.25, 0.3) is 0 Å². The number of carbonyl (C=O) groups is 1.